The predicted molar refractivity (Wildman–Crippen MR) is 57.1 cm³/mol. The molecule has 0 aliphatic carbocycles. The van der Waals surface area contributed by atoms with Crippen molar-refractivity contribution in [3.63, 3.8) is 0 Å². The van der Waals surface area contributed by atoms with Gasteiger partial charge in [-0.25, -0.2) is 0 Å². The van der Waals surface area contributed by atoms with Crippen molar-refractivity contribution in [2.75, 3.05) is 6.54 Å². The fraction of sp³-hybridized carbons (Fsp3) is 0.500. The second-order valence-corrected chi connectivity index (χ2v) is 3.63. The molecule has 5 N–H and O–H groups in total. The molecule has 1 aliphatic heterocycles. The maximum atomic E-state index is 11.7. The van der Waals surface area contributed by atoms with E-state index in [2.05, 4.69) is 0 Å². The minimum Gasteiger partial charge on any atom is -0.330 e. The molecule has 0 spiro atoms. The van der Waals surface area contributed by atoms with Crippen LogP contribution in [0.3, 0.4) is 0 Å². The highest BCUT2D eigenvalue weighted by Crippen LogP contribution is 2.09. The summed E-state index contributed by atoms with van der Waals surface area (Å²) in [5.74, 6) is -1.72. The third-order valence-corrected chi connectivity index (χ3v) is 2.33. The number of amides is 2. The summed E-state index contributed by atoms with van der Waals surface area (Å²) < 4.78 is 0. The van der Waals surface area contributed by atoms with Gasteiger partial charge in [-0.2, -0.15) is 0 Å². The highest BCUT2D eigenvalue weighted by Gasteiger charge is 2.29. The summed E-state index contributed by atoms with van der Waals surface area (Å²) in [7, 11) is 0. The highest BCUT2D eigenvalue weighted by atomic mass is 16.2. The van der Waals surface area contributed by atoms with Gasteiger partial charge >= 0.3 is 0 Å². The standard InChI is InChI=1S/C10H15N3O3/c11-4-2-1-3-7(12)9(15)6-5-8(14)13-10(6)16/h5,7H,1-4,11-12H2,(H,13,14,16). The molecule has 0 fully saturated rings. The lowest BCUT2D eigenvalue weighted by Gasteiger charge is -2.09. The lowest BCUT2D eigenvalue weighted by atomic mass is 10.0. The topological polar surface area (TPSA) is 115 Å². The monoisotopic (exact) mass is 225 g/mol. The number of ketones is 1. The van der Waals surface area contributed by atoms with Crippen molar-refractivity contribution in [2.24, 2.45) is 11.5 Å². The number of nitrogens with two attached hydrogens (primary N) is 2. The van der Waals surface area contributed by atoms with E-state index in [0.717, 1.165) is 18.9 Å². The van der Waals surface area contributed by atoms with E-state index in [1.165, 1.54) is 0 Å². The summed E-state index contributed by atoms with van der Waals surface area (Å²) in [4.78, 5) is 33.7. The van der Waals surface area contributed by atoms with Crippen molar-refractivity contribution in [1.82, 2.24) is 5.32 Å². The molecule has 1 heterocycles. The highest BCUT2D eigenvalue weighted by molar-refractivity contribution is 6.31. The average molecular weight is 225 g/mol. The number of carbonyl (C=O) groups excluding carboxylic acids is 3. The van der Waals surface area contributed by atoms with Gasteiger partial charge in [0.05, 0.1) is 11.6 Å². The summed E-state index contributed by atoms with van der Waals surface area (Å²) in [5.41, 5.74) is 10.8. The summed E-state index contributed by atoms with van der Waals surface area (Å²) in [5, 5.41) is 2.00. The fourth-order valence-corrected chi connectivity index (χ4v) is 1.43. The molecule has 1 atom stereocenters. The van der Waals surface area contributed by atoms with Crippen LogP contribution in [-0.2, 0) is 14.4 Å². The quantitative estimate of drug-likeness (QED) is 0.292. The van der Waals surface area contributed by atoms with Gasteiger partial charge in [0, 0.05) is 6.08 Å². The number of hydrogen-bond acceptors (Lipinski definition) is 5. The van der Waals surface area contributed by atoms with E-state index >= 15 is 0 Å². The molecular weight excluding hydrogens is 210 g/mol. The van der Waals surface area contributed by atoms with Gasteiger partial charge in [-0.15, -0.1) is 0 Å². The van der Waals surface area contributed by atoms with Gasteiger partial charge in [0.2, 0.25) is 0 Å². The molecule has 0 aromatic heterocycles. The van der Waals surface area contributed by atoms with Crippen LogP contribution in [0.2, 0.25) is 0 Å². The molecule has 0 aromatic rings. The Morgan fingerprint density at radius 2 is 2.06 bits per heavy atom. The molecule has 0 saturated heterocycles. The second kappa shape index (κ2) is 5.53. The Morgan fingerprint density at radius 3 is 2.56 bits per heavy atom. The van der Waals surface area contributed by atoms with Crippen LogP contribution < -0.4 is 16.8 Å². The zero-order valence-electron chi connectivity index (χ0n) is 8.86. The lowest BCUT2D eigenvalue weighted by Crippen LogP contribution is -2.35. The largest absolute Gasteiger partial charge is 0.330 e. The number of unbranched alkanes of at least 4 members (excludes halogenated alkanes) is 1. The van der Waals surface area contributed by atoms with Gasteiger partial charge in [0.1, 0.15) is 0 Å². The zero-order valence-corrected chi connectivity index (χ0v) is 8.86. The van der Waals surface area contributed by atoms with Crippen molar-refractivity contribution in [3.05, 3.63) is 11.6 Å². The Hall–Kier alpha value is -1.53. The van der Waals surface area contributed by atoms with Crippen molar-refractivity contribution in [2.45, 2.75) is 25.3 Å². The molecule has 0 saturated carbocycles. The minimum atomic E-state index is -0.741. The van der Waals surface area contributed by atoms with Gasteiger partial charge in [0.25, 0.3) is 11.8 Å². The van der Waals surface area contributed by atoms with Crippen LogP contribution in [0.5, 0.6) is 0 Å². The van der Waals surface area contributed by atoms with E-state index in [4.69, 9.17) is 11.5 Å². The molecule has 6 heteroatoms. The Balaban J connectivity index is 2.54. The lowest BCUT2D eigenvalue weighted by molar-refractivity contribution is -0.125. The number of nitrogens with one attached hydrogen (secondary N) is 1. The third-order valence-electron chi connectivity index (χ3n) is 2.33. The molecule has 0 aromatic carbocycles. The maximum absolute atomic E-state index is 11.7. The first-order valence-electron chi connectivity index (χ1n) is 5.13. The number of Topliss-reactive ketones (excluding diaryl/α,β-unsaturated/α-hetero) is 1. The maximum Gasteiger partial charge on any atom is 0.261 e. The molecule has 0 radical (unpaired) electrons. The van der Waals surface area contributed by atoms with Crippen LogP contribution >= 0.6 is 0 Å². The van der Waals surface area contributed by atoms with E-state index in [1.807, 2.05) is 5.32 Å². The summed E-state index contributed by atoms with van der Waals surface area (Å²) in [6.07, 6.45) is 2.97. The van der Waals surface area contributed by atoms with Crippen LogP contribution in [0.15, 0.2) is 11.6 Å². The molecule has 2 amide bonds. The smallest absolute Gasteiger partial charge is 0.261 e. The molecule has 6 nitrogen and oxygen atoms in total. The van der Waals surface area contributed by atoms with Gasteiger partial charge in [0.15, 0.2) is 5.78 Å². The zero-order chi connectivity index (χ0) is 12.1. The van der Waals surface area contributed by atoms with E-state index < -0.39 is 23.6 Å². The first-order chi connectivity index (χ1) is 7.56. The summed E-state index contributed by atoms with van der Waals surface area (Å²) in [6.45, 7) is 0.544. The third kappa shape index (κ3) is 2.98. The molecule has 88 valence electrons. The molecule has 16 heavy (non-hydrogen) atoms. The predicted octanol–water partition coefficient (Wildman–Crippen LogP) is -1.41. The average Bonchev–Trinajstić information content (AvgIpc) is 2.57. The Bertz CT molecular complexity index is 349. The Morgan fingerprint density at radius 1 is 1.38 bits per heavy atom. The van der Waals surface area contributed by atoms with Gasteiger partial charge < -0.3 is 11.5 Å². The first-order valence-corrected chi connectivity index (χ1v) is 5.13. The van der Waals surface area contributed by atoms with Gasteiger partial charge in [-0.1, -0.05) is 6.42 Å². The van der Waals surface area contributed by atoms with Crippen LogP contribution in [-0.4, -0.2) is 30.2 Å². The van der Waals surface area contributed by atoms with E-state index in [0.29, 0.717) is 13.0 Å². The van der Waals surface area contributed by atoms with E-state index in [1.54, 1.807) is 0 Å². The van der Waals surface area contributed by atoms with Crippen LogP contribution in [0.25, 0.3) is 0 Å². The Kier molecular flexibility index (Phi) is 4.33. The molecule has 1 unspecified atom stereocenters. The van der Waals surface area contributed by atoms with Crippen molar-refractivity contribution in [3.8, 4) is 0 Å². The minimum absolute atomic E-state index is 0.148. The number of hydrogen-bond donors (Lipinski definition) is 3. The molecule has 0 bridgehead atoms. The van der Waals surface area contributed by atoms with Crippen LogP contribution in [0.4, 0.5) is 0 Å². The number of carbonyl (C=O) groups is 3. The van der Waals surface area contributed by atoms with E-state index in [-0.39, 0.29) is 5.57 Å². The summed E-state index contributed by atoms with van der Waals surface area (Å²) in [6, 6.07) is -0.741. The normalized spacial score (nSPS) is 17.0. The van der Waals surface area contributed by atoms with Crippen molar-refractivity contribution in [1.29, 1.82) is 0 Å². The number of imide groups is 1. The second-order valence-electron chi connectivity index (χ2n) is 3.63. The van der Waals surface area contributed by atoms with Gasteiger partial charge in [-0.05, 0) is 19.4 Å². The van der Waals surface area contributed by atoms with Crippen LogP contribution in [0.1, 0.15) is 19.3 Å². The summed E-state index contributed by atoms with van der Waals surface area (Å²) >= 11 is 0. The van der Waals surface area contributed by atoms with Crippen molar-refractivity contribution >= 4 is 17.6 Å². The number of rotatable bonds is 6. The van der Waals surface area contributed by atoms with Crippen molar-refractivity contribution < 1.29 is 14.4 Å². The first kappa shape index (κ1) is 12.5. The molecule has 1 rings (SSSR count). The van der Waals surface area contributed by atoms with Gasteiger partial charge in [-0.3, -0.25) is 19.7 Å². The molecule has 1 aliphatic rings. The van der Waals surface area contributed by atoms with E-state index in [9.17, 15) is 14.4 Å². The fourth-order valence-electron chi connectivity index (χ4n) is 1.43. The SMILES string of the molecule is NCCCCC(N)C(=O)C1=CC(=O)NC1=O. The van der Waals surface area contributed by atoms with Crippen LogP contribution in [0, 0.1) is 0 Å². The molecular formula is C10H15N3O3. The Labute approximate surface area is 93.0 Å².